The van der Waals surface area contributed by atoms with E-state index in [1.807, 2.05) is 0 Å². The average molecular weight is 343 g/mol. The Labute approximate surface area is 149 Å². The van der Waals surface area contributed by atoms with Crippen LogP contribution in [0.2, 0.25) is 0 Å². The summed E-state index contributed by atoms with van der Waals surface area (Å²) < 4.78 is 18.4. The molecule has 25 heavy (non-hydrogen) atoms. The highest BCUT2D eigenvalue weighted by molar-refractivity contribution is 5.22. The lowest BCUT2D eigenvalue weighted by Gasteiger charge is -2.25. The Bertz CT molecular complexity index is 592. The lowest BCUT2D eigenvalue weighted by atomic mass is 10.1. The van der Waals surface area contributed by atoms with Crippen molar-refractivity contribution in [1.82, 2.24) is 4.90 Å². The van der Waals surface area contributed by atoms with Crippen LogP contribution in [0.4, 0.5) is 4.39 Å². The molecule has 134 valence electrons. The summed E-state index contributed by atoms with van der Waals surface area (Å²) in [6.07, 6.45) is 1.07. The van der Waals surface area contributed by atoms with Crippen molar-refractivity contribution in [3.05, 3.63) is 83.7 Å². The van der Waals surface area contributed by atoms with E-state index in [-0.39, 0.29) is 12.4 Å². The topological polar surface area (TPSA) is 32.7 Å². The number of aliphatic hydroxyl groups excluding tert-OH is 1. The Morgan fingerprint density at radius 2 is 1.64 bits per heavy atom. The first kappa shape index (κ1) is 19.3. The van der Waals surface area contributed by atoms with Crippen molar-refractivity contribution >= 4 is 0 Å². The fraction of sp³-hybridized carbons (Fsp3) is 0.333. The summed E-state index contributed by atoms with van der Waals surface area (Å²) >= 11 is 0. The largest absolute Gasteiger partial charge is 0.389 e. The number of nitrogens with zero attached hydrogens (tertiary/aromatic N) is 1. The van der Waals surface area contributed by atoms with Crippen molar-refractivity contribution in [2.75, 3.05) is 19.8 Å². The molecule has 0 amide bonds. The van der Waals surface area contributed by atoms with Crippen molar-refractivity contribution in [2.45, 2.75) is 26.1 Å². The molecule has 0 saturated carbocycles. The number of aliphatic hydroxyl groups is 1. The van der Waals surface area contributed by atoms with Crippen LogP contribution < -0.4 is 0 Å². The molecule has 2 aromatic rings. The third-order valence-corrected chi connectivity index (χ3v) is 3.86. The van der Waals surface area contributed by atoms with Crippen LogP contribution in [0.3, 0.4) is 0 Å². The number of hydrogen-bond acceptors (Lipinski definition) is 3. The minimum absolute atomic E-state index is 0.244. The second kappa shape index (κ2) is 10.1. The Hall–Kier alpha value is -2.01. The van der Waals surface area contributed by atoms with E-state index < -0.39 is 6.10 Å². The van der Waals surface area contributed by atoms with Crippen molar-refractivity contribution in [1.29, 1.82) is 0 Å². The molecule has 0 fully saturated rings. The zero-order valence-electron chi connectivity index (χ0n) is 14.7. The lowest BCUT2D eigenvalue weighted by Crippen LogP contribution is -2.34. The van der Waals surface area contributed by atoms with Crippen LogP contribution >= 0.6 is 0 Å². The highest BCUT2D eigenvalue weighted by atomic mass is 19.1. The van der Waals surface area contributed by atoms with Crippen LogP contribution in [-0.4, -0.2) is 35.9 Å². The summed E-state index contributed by atoms with van der Waals surface area (Å²) in [5.74, 6) is -0.244. The normalized spacial score (nSPS) is 12.3. The van der Waals surface area contributed by atoms with Crippen LogP contribution in [0.5, 0.6) is 0 Å². The van der Waals surface area contributed by atoms with Crippen LogP contribution in [0.15, 0.2) is 61.2 Å². The van der Waals surface area contributed by atoms with Gasteiger partial charge < -0.3 is 9.84 Å². The summed E-state index contributed by atoms with van der Waals surface area (Å²) in [5, 5.41) is 10.2. The molecule has 4 heteroatoms. The van der Waals surface area contributed by atoms with E-state index in [4.69, 9.17) is 4.74 Å². The van der Waals surface area contributed by atoms with Gasteiger partial charge in [-0.05, 0) is 30.2 Å². The minimum atomic E-state index is -0.592. The predicted octanol–water partition coefficient (Wildman–Crippen LogP) is 3.70. The smallest absolute Gasteiger partial charge is 0.123 e. The third-order valence-electron chi connectivity index (χ3n) is 3.86. The molecule has 0 unspecified atom stereocenters. The van der Waals surface area contributed by atoms with E-state index in [0.717, 1.165) is 5.56 Å². The van der Waals surface area contributed by atoms with Gasteiger partial charge in [0.15, 0.2) is 0 Å². The van der Waals surface area contributed by atoms with Gasteiger partial charge in [0, 0.05) is 19.6 Å². The third kappa shape index (κ3) is 7.18. The monoisotopic (exact) mass is 343 g/mol. The second-order valence-electron chi connectivity index (χ2n) is 6.26. The Morgan fingerprint density at radius 1 is 1.08 bits per heavy atom. The maximum Gasteiger partial charge on any atom is 0.123 e. The van der Waals surface area contributed by atoms with Gasteiger partial charge in [-0.15, -0.1) is 6.58 Å². The maximum absolute atomic E-state index is 13.1. The van der Waals surface area contributed by atoms with Crippen molar-refractivity contribution < 1.29 is 14.2 Å². The maximum atomic E-state index is 13.1. The van der Waals surface area contributed by atoms with E-state index >= 15 is 0 Å². The molecule has 0 radical (unpaired) electrons. The highest BCUT2D eigenvalue weighted by Crippen LogP contribution is 2.12. The zero-order chi connectivity index (χ0) is 18.1. The molecule has 2 rings (SSSR count). The van der Waals surface area contributed by atoms with Gasteiger partial charge in [-0.2, -0.15) is 0 Å². The summed E-state index contributed by atoms with van der Waals surface area (Å²) in [5.41, 5.74) is 3.39. The standard InChI is InChI=1S/C21H26FNO2/c1-3-12-25-16-21(24)15-23(13-18-6-4-17(2)5-7-18)14-19-8-10-20(22)11-9-19/h3-11,21,24H,1,12-16H2,2H3/t21-/m0/s1. The summed E-state index contributed by atoms with van der Waals surface area (Å²) in [7, 11) is 0. The predicted molar refractivity (Wildman–Crippen MR) is 98.7 cm³/mol. The van der Waals surface area contributed by atoms with E-state index in [1.54, 1.807) is 18.2 Å². The molecule has 0 bridgehead atoms. The lowest BCUT2D eigenvalue weighted by molar-refractivity contribution is 0.0228. The highest BCUT2D eigenvalue weighted by Gasteiger charge is 2.13. The van der Waals surface area contributed by atoms with Crippen LogP contribution in [0, 0.1) is 12.7 Å². The summed E-state index contributed by atoms with van der Waals surface area (Å²) in [4.78, 5) is 2.14. The molecule has 0 aliphatic heterocycles. The van der Waals surface area contributed by atoms with E-state index in [9.17, 15) is 9.50 Å². The number of hydrogen-bond donors (Lipinski definition) is 1. The van der Waals surface area contributed by atoms with E-state index in [2.05, 4.69) is 42.7 Å². The Balaban J connectivity index is 2.02. The second-order valence-corrected chi connectivity index (χ2v) is 6.26. The van der Waals surface area contributed by atoms with Gasteiger partial charge in [-0.25, -0.2) is 4.39 Å². The van der Waals surface area contributed by atoms with Gasteiger partial charge in [-0.1, -0.05) is 48.0 Å². The molecular weight excluding hydrogens is 317 g/mol. The number of aryl methyl sites for hydroxylation is 1. The van der Waals surface area contributed by atoms with Gasteiger partial charge in [0.1, 0.15) is 5.82 Å². The first-order valence-corrected chi connectivity index (χ1v) is 8.46. The Kier molecular flexibility index (Phi) is 7.79. The SMILES string of the molecule is C=CCOC[C@@H](O)CN(Cc1ccc(C)cc1)Cc1ccc(F)cc1. The van der Waals surface area contributed by atoms with Crippen LogP contribution in [0.1, 0.15) is 16.7 Å². The van der Waals surface area contributed by atoms with Gasteiger partial charge in [0.2, 0.25) is 0 Å². The molecule has 2 aromatic carbocycles. The number of ether oxygens (including phenoxy) is 1. The molecule has 3 nitrogen and oxygen atoms in total. The fourth-order valence-corrected chi connectivity index (χ4v) is 2.62. The van der Waals surface area contributed by atoms with Gasteiger partial charge in [0.05, 0.1) is 19.3 Å². The molecular formula is C21H26FNO2. The number of rotatable bonds is 10. The molecule has 1 N–H and O–H groups in total. The van der Waals surface area contributed by atoms with Crippen molar-refractivity contribution in [3.8, 4) is 0 Å². The summed E-state index contributed by atoms with van der Waals surface area (Å²) in [6.45, 7) is 8.15. The zero-order valence-corrected chi connectivity index (χ0v) is 14.7. The molecule has 0 spiro atoms. The van der Waals surface area contributed by atoms with Gasteiger partial charge in [-0.3, -0.25) is 4.90 Å². The van der Waals surface area contributed by atoms with Crippen molar-refractivity contribution in [2.24, 2.45) is 0 Å². The first-order chi connectivity index (χ1) is 12.1. The average Bonchev–Trinajstić information content (AvgIpc) is 2.59. The molecule has 0 aromatic heterocycles. The number of halogens is 1. The fourth-order valence-electron chi connectivity index (χ4n) is 2.62. The molecule has 1 atom stereocenters. The van der Waals surface area contributed by atoms with Crippen LogP contribution in [-0.2, 0) is 17.8 Å². The molecule has 0 aliphatic carbocycles. The van der Waals surface area contributed by atoms with Crippen LogP contribution in [0.25, 0.3) is 0 Å². The quantitative estimate of drug-likeness (QED) is 0.527. The first-order valence-electron chi connectivity index (χ1n) is 8.46. The van der Waals surface area contributed by atoms with Crippen molar-refractivity contribution in [3.63, 3.8) is 0 Å². The Morgan fingerprint density at radius 3 is 2.20 bits per heavy atom. The van der Waals surface area contributed by atoms with E-state index in [1.165, 1.54) is 23.3 Å². The molecule has 0 aliphatic rings. The van der Waals surface area contributed by atoms with E-state index in [0.29, 0.717) is 26.2 Å². The van der Waals surface area contributed by atoms with Gasteiger partial charge >= 0.3 is 0 Å². The number of benzene rings is 2. The summed E-state index contributed by atoms with van der Waals surface area (Å²) in [6, 6.07) is 14.8. The minimum Gasteiger partial charge on any atom is -0.389 e. The van der Waals surface area contributed by atoms with Gasteiger partial charge in [0.25, 0.3) is 0 Å². The molecule has 0 heterocycles. The molecule has 0 saturated heterocycles.